The number of aromatic nitrogens is 2. The van der Waals surface area contributed by atoms with Crippen molar-refractivity contribution in [2.45, 2.75) is 18.7 Å². The topological polar surface area (TPSA) is 93.4 Å². The number of sulfonamides is 1. The molecule has 0 radical (unpaired) electrons. The van der Waals surface area contributed by atoms with E-state index < -0.39 is 26.2 Å². The first-order valence-corrected chi connectivity index (χ1v) is 8.21. The summed E-state index contributed by atoms with van der Waals surface area (Å²) in [5.41, 5.74) is -1.39. The Labute approximate surface area is 124 Å². The highest BCUT2D eigenvalue weighted by atomic mass is 32.2. The zero-order chi connectivity index (χ0) is 16.2. The molecule has 1 N–H and O–H groups in total. The summed E-state index contributed by atoms with van der Waals surface area (Å²) in [6.45, 7) is 6.37. The lowest BCUT2D eigenvalue weighted by atomic mass is 10.5. The first-order valence-electron chi connectivity index (χ1n) is 6.73. The van der Waals surface area contributed by atoms with Gasteiger partial charge in [-0.3, -0.25) is 9.36 Å². The minimum absolute atomic E-state index is 0.204. The number of nitrogens with one attached hydrogen (secondary N) is 1. The van der Waals surface area contributed by atoms with E-state index in [1.165, 1.54) is 14.1 Å². The molecule has 0 aliphatic rings. The fourth-order valence-electron chi connectivity index (χ4n) is 1.92. The molecule has 8 nitrogen and oxygen atoms in total. The minimum Gasteiger partial charge on any atom is -0.303 e. The Morgan fingerprint density at radius 3 is 2.29 bits per heavy atom. The quantitative estimate of drug-likeness (QED) is 0.675. The summed E-state index contributed by atoms with van der Waals surface area (Å²) in [7, 11) is -1.29. The van der Waals surface area contributed by atoms with Crippen LogP contribution in [0.15, 0.2) is 20.7 Å². The number of hydrogen-bond donors (Lipinski definition) is 1. The SMILES string of the molecule is CCN(CC)CCNS(=O)(=O)c1cn(C)c(=O)n(C)c1=O. The standard InChI is InChI=1S/C12H22N4O4S/c1-5-16(6-2)8-7-13-21(19,20)10-9-14(3)12(18)15(4)11(10)17/h9,13H,5-8H2,1-4H3. The summed E-state index contributed by atoms with van der Waals surface area (Å²) < 4.78 is 28.6. The molecule has 1 aromatic rings. The van der Waals surface area contributed by atoms with Crippen molar-refractivity contribution in [2.24, 2.45) is 14.1 Å². The van der Waals surface area contributed by atoms with Gasteiger partial charge in [0.25, 0.3) is 5.56 Å². The number of likely N-dealkylation sites (N-methyl/N-ethyl adjacent to an activating group) is 1. The summed E-state index contributed by atoms with van der Waals surface area (Å²) in [5.74, 6) is 0. The summed E-state index contributed by atoms with van der Waals surface area (Å²) >= 11 is 0. The average molecular weight is 318 g/mol. The van der Waals surface area contributed by atoms with Crippen LogP contribution in [0, 0.1) is 0 Å². The van der Waals surface area contributed by atoms with Gasteiger partial charge in [-0.1, -0.05) is 13.8 Å². The zero-order valence-electron chi connectivity index (χ0n) is 12.8. The van der Waals surface area contributed by atoms with Crippen molar-refractivity contribution < 1.29 is 8.42 Å². The molecule has 1 aromatic heterocycles. The van der Waals surface area contributed by atoms with E-state index in [1.807, 2.05) is 13.8 Å². The van der Waals surface area contributed by atoms with E-state index in [4.69, 9.17) is 0 Å². The third-order valence-corrected chi connectivity index (χ3v) is 4.76. The second-order valence-corrected chi connectivity index (χ2v) is 6.41. The van der Waals surface area contributed by atoms with Crippen LogP contribution in [0.1, 0.15) is 13.8 Å². The number of nitrogens with zero attached hydrogens (tertiary/aromatic N) is 3. The highest BCUT2D eigenvalue weighted by Gasteiger charge is 2.21. The Morgan fingerprint density at radius 2 is 1.76 bits per heavy atom. The molecular formula is C12H22N4O4S. The van der Waals surface area contributed by atoms with Crippen molar-refractivity contribution in [3.63, 3.8) is 0 Å². The van der Waals surface area contributed by atoms with Gasteiger partial charge in [-0.05, 0) is 13.1 Å². The van der Waals surface area contributed by atoms with Gasteiger partial charge in [0.15, 0.2) is 4.90 Å². The highest BCUT2D eigenvalue weighted by Crippen LogP contribution is 1.99. The molecule has 0 amide bonds. The predicted octanol–water partition coefficient (Wildman–Crippen LogP) is -1.30. The Kier molecular flexibility index (Phi) is 5.87. The van der Waals surface area contributed by atoms with Crippen molar-refractivity contribution in [1.29, 1.82) is 0 Å². The first kappa shape index (κ1) is 17.6. The summed E-state index contributed by atoms with van der Waals surface area (Å²) in [5, 5.41) is 0. The molecule has 0 spiro atoms. The summed E-state index contributed by atoms with van der Waals surface area (Å²) in [6, 6.07) is 0. The molecular weight excluding hydrogens is 296 g/mol. The number of hydrogen-bond acceptors (Lipinski definition) is 5. The van der Waals surface area contributed by atoms with Crippen LogP contribution in [0.3, 0.4) is 0 Å². The molecule has 1 heterocycles. The second-order valence-electron chi connectivity index (χ2n) is 4.68. The molecule has 0 aliphatic heterocycles. The van der Waals surface area contributed by atoms with Gasteiger partial charge < -0.3 is 9.47 Å². The van der Waals surface area contributed by atoms with Crippen molar-refractivity contribution >= 4 is 10.0 Å². The van der Waals surface area contributed by atoms with Crippen molar-refractivity contribution in [3.05, 3.63) is 27.0 Å². The van der Waals surface area contributed by atoms with Gasteiger partial charge in [-0.15, -0.1) is 0 Å². The molecule has 0 saturated carbocycles. The molecule has 0 unspecified atom stereocenters. The average Bonchev–Trinajstić information content (AvgIpc) is 2.45. The van der Waals surface area contributed by atoms with Gasteiger partial charge in [-0.25, -0.2) is 17.9 Å². The van der Waals surface area contributed by atoms with Crippen LogP contribution < -0.4 is 16.0 Å². The Balaban J connectivity index is 3.00. The number of aryl methyl sites for hydroxylation is 1. The maximum Gasteiger partial charge on any atom is 0.330 e. The fraction of sp³-hybridized carbons (Fsp3) is 0.667. The minimum atomic E-state index is -3.93. The van der Waals surface area contributed by atoms with E-state index in [0.717, 1.165) is 28.4 Å². The molecule has 0 bridgehead atoms. The molecule has 9 heteroatoms. The van der Waals surface area contributed by atoms with Crippen LogP contribution in [-0.2, 0) is 24.1 Å². The Bertz CT molecular complexity index is 701. The summed E-state index contributed by atoms with van der Waals surface area (Å²) in [4.78, 5) is 25.1. The van der Waals surface area contributed by atoms with Crippen LogP contribution in [-0.4, -0.2) is 48.6 Å². The van der Waals surface area contributed by atoms with E-state index in [9.17, 15) is 18.0 Å². The zero-order valence-corrected chi connectivity index (χ0v) is 13.6. The van der Waals surface area contributed by atoms with Crippen LogP contribution in [0.25, 0.3) is 0 Å². The van der Waals surface area contributed by atoms with Crippen molar-refractivity contribution in [1.82, 2.24) is 18.8 Å². The highest BCUT2D eigenvalue weighted by molar-refractivity contribution is 7.89. The molecule has 1 rings (SSSR count). The predicted molar refractivity (Wildman–Crippen MR) is 79.9 cm³/mol. The smallest absolute Gasteiger partial charge is 0.303 e. The molecule has 0 aromatic carbocycles. The van der Waals surface area contributed by atoms with Gasteiger partial charge in [0.05, 0.1) is 0 Å². The lowest BCUT2D eigenvalue weighted by Gasteiger charge is -2.18. The lowest BCUT2D eigenvalue weighted by Crippen LogP contribution is -2.42. The fourth-order valence-corrected chi connectivity index (χ4v) is 3.09. The van der Waals surface area contributed by atoms with Crippen LogP contribution >= 0.6 is 0 Å². The van der Waals surface area contributed by atoms with Crippen molar-refractivity contribution in [3.8, 4) is 0 Å². The molecule has 0 aliphatic carbocycles. The lowest BCUT2D eigenvalue weighted by molar-refractivity contribution is 0.309. The number of rotatable bonds is 7. The van der Waals surface area contributed by atoms with Crippen LogP contribution in [0.2, 0.25) is 0 Å². The third-order valence-electron chi connectivity index (χ3n) is 3.32. The normalized spacial score (nSPS) is 12.0. The van der Waals surface area contributed by atoms with E-state index in [-0.39, 0.29) is 6.54 Å². The second kappa shape index (κ2) is 7.01. The largest absolute Gasteiger partial charge is 0.330 e. The monoisotopic (exact) mass is 318 g/mol. The molecule has 0 fully saturated rings. The van der Waals surface area contributed by atoms with Gasteiger partial charge in [0, 0.05) is 33.4 Å². The van der Waals surface area contributed by atoms with Gasteiger partial charge in [0.2, 0.25) is 10.0 Å². The molecule has 0 atom stereocenters. The maximum absolute atomic E-state index is 12.2. The third kappa shape index (κ3) is 4.02. The molecule has 21 heavy (non-hydrogen) atoms. The molecule has 0 saturated heterocycles. The Morgan fingerprint density at radius 1 is 1.19 bits per heavy atom. The van der Waals surface area contributed by atoms with E-state index >= 15 is 0 Å². The Hall–Kier alpha value is -1.45. The van der Waals surface area contributed by atoms with E-state index in [2.05, 4.69) is 9.62 Å². The first-order chi connectivity index (χ1) is 9.74. The molecule has 120 valence electrons. The van der Waals surface area contributed by atoms with Gasteiger partial charge in [0.1, 0.15) is 0 Å². The van der Waals surface area contributed by atoms with E-state index in [0.29, 0.717) is 6.54 Å². The van der Waals surface area contributed by atoms with Crippen molar-refractivity contribution in [2.75, 3.05) is 26.2 Å². The summed E-state index contributed by atoms with van der Waals surface area (Å²) in [6.07, 6.45) is 1.05. The van der Waals surface area contributed by atoms with Crippen LogP contribution in [0.5, 0.6) is 0 Å². The van der Waals surface area contributed by atoms with Crippen LogP contribution in [0.4, 0.5) is 0 Å². The van der Waals surface area contributed by atoms with E-state index in [1.54, 1.807) is 0 Å². The van der Waals surface area contributed by atoms with Gasteiger partial charge >= 0.3 is 5.69 Å². The maximum atomic E-state index is 12.2. The van der Waals surface area contributed by atoms with Gasteiger partial charge in [-0.2, -0.15) is 0 Å².